The Kier molecular flexibility index (Phi) is 28.7. The summed E-state index contributed by atoms with van der Waals surface area (Å²) >= 11 is 0. The standard InChI is InChI=1S/C64H90N12O8/c1-12-20-24-43(16-5)37-67-57(77)47-30-48(58(78)68-38-44(17-6)25-21-13-2)33-51(32-47)71-73-55-41(9)53(36-65)61(81)75(63(55)83)28-29-76-62(82)54(66-11)42(10)56(64(76)84)74-72-52-34-49(59(79)69-39-45(18-7)26-22-14-3)31-50(35-52)60(80)70-40-46(19-8)27-23-15-4/h30-35,43-46,81-82H,12-29,37-40H2,1-10H3,(H,67,77)(H,68,78)(H,69,79)(H,70,80). The van der Waals surface area contributed by atoms with Crippen LogP contribution in [0.4, 0.5) is 28.4 Å². The maximum atomic E-state index is 14.4. The smallest absolute Gasteiger partial charge is 0.281 e. The second-order valence-corrected chi connectivity index (χ2v) is 21.9. The van der Waals surface area contributed by atoms with Crippen molar-refractivity contribution in [2.45, 2.75) is 185 Å². The van der Waals surface area contributed by atoms with Crippen LogP contribution in [0.5, 0.6) is 11.8 Å². The SMILES string of the molecule is [C-]#[N+]c1c(C)c(N=Nc2cc(C(=O)NCC(CC)CCCC)cc(C(=O)NCC(CC)CCCC)c2)c(=O)n(CCn2c(O)c(C#N)c(C)c(N=Nc3cc(C(=O)NCC(CC)CCCC)cc(C(=O)NCC(CC)CCCC)c3)c2=O)c1O. The maximum absolute atomic E-state index is 14.4. The van der Waals surface area contributed by atoms with E-state index in [0.29, 0.717) is 26.2 Å². The molecule has 0 saturated heterocycles. The molecule has 454 valence electrons. The van der Waals surface area contributed by atoms with Crippen molar-refractivity contribution < 1.29 is 29.4 Å². The van der Waals surface area contributed by atoms with Crippen molar-refractivity contribution in [1.82, 2.24) is 30.4 Å². The Morgan fingerprint density at radius 3 is 1.12 bits per heavy atom. The van der Waals surface area contributed by atoms with Crippen molar-refractivity contribution in [3.8, 4) is 17.8 Å². The van der Waals surface area contributed by atoms with Gasteiger partial charge in [-0.2, -0.15) is 15.5 Å². The summed E-state index contributed by atoms with van der Waals surface area (Å²) in [6.07, 6.45) is 15.4. The van der Waals surface area contributed by atoms with Crippen molar-refractivity contribution >= 4 is 52.1 Å². The fourth-order valence-corrected chi connectivity index (χ4v) is 9.92. The molecule has 0 aliphatic rings. The monoisotopic (exact) mass is 1150 g/mol. The number of aromatic nitrogens is 2. The van der Waals surface area contributed by atoms with E-state index < -0.39 is 59.6 Å². The molecule has 2 aromatic heterocycles. The third-order valence-corrected chi connectivity index (χ3v) is 15.8. The van der Waals surface area contributed by atoms with Crippen LogP contribution in [0.3, 0.4) is 0 Å². The number of azo groups is 2. The molecule has 6 N–H and O–H groups in total. The molecule has 20 nitrogen and oxygen atoms in total. The molecule has 2 aromatic carbocycles. The van der Waals surface area contributed by atoms with Crippen LogP contribution in [0.1, 0.15) is 216 Å². The maximum Gasteiger partial charge on any atom is 0.281 e. The van der Waals surface area contributed by atoms with Gasteiger partial charge in [0.1, 0.15) is 17.3 Å². The minimum atomic E-state index is -0.943. The molecule has 0 aliphatic carbocycles. The van der Waals surface area contributed by atoms with Crippen molar-refractivity contribution in [1.29, 1.82) is 5.26 Å². The summed E-state index contributed by atoms with van der Waals surface area (Å²) in [5.41, 5.74) is -2.75. The van der Waals surface area contributed by atoms with Crippen molar-refractivity contribution in [3.05, 3.63) is 107 Å². The van der Waals surface area contributed by atoms with Gasteiger partial charge in [0.05, 0.1) is 17.9 Å². The zero-order chi connectivity index (χ0) is 61.9. The van der Waals surface area contributed by atoms with E-state index in [1.807, 2.05) is 6.07 Å². The summed E-state index contributed by atoms with van der Waals surface area (Å²) in [7, 11) is 0. The van der Waals surface area contributed by atoms with Gasteiger partial charge in [-0.05, 0) is 105 Å². The Balaban J connectivity index is 1.78. The highest BCUT2D eigenvalue weighted by atomic mass is 16.3. The minimum absolute atomic E-state index is 0.0315. The highest BCUT2D eigenvalue weighted by molar-refractivity contribution is 6.02. The van der Waals surface area contributed by atoms with Gasteiger partial charge in [0.25, 0.3) is 34.7 Å². The molecule has 4 unspecified atom stereocenters. The number of unbranched alkanes of at least 4 members (excludes halogenated alkanes) is 4. The molecule has 0 saturated carbocycles. The van der Waals surface area contributed by atoms with Crippen LogP contribution in [-0.4, -0.2) is 69.2 Å². The topological polar surface area (TPSA) is 278 Å². The molecule has 0 spiro atoms. The Hall–Kier alpha value is -8.00. The van der Waals surface area contributed by atoms with Gasteiger partial charge >= 0.3 is 0 Å². The summed E-state index contributed by atoms with van der Waals surface area (Å²) in [5, 5.41) is 62.3. The molecule has 4 aromatic rings. The number of amides is 4. The molecular weight excluding hydrogens is 1060 g/mol. The number of nitrogens with zero attached hydrogens (tertiary/aromatic N) is 8. The largest absolute Gasteiger partial charge is 0.503 e. The van der Waals surface area contributed by atoms with E-state index in [1.165, 1.54) is 50.2 Å². The van der Waals surface area contributed by atoms with Gasteiger partial charge in [0.2, 0.25) is 11.6 Å². The summed E-state index contributed by atoms with van der Waals surface area (Å²) in [4.78, 5) is 87.2. The third-order valence-electron chi connectivity index (χ3n) is 15.8. The summed E-state index contributed by atoms with van der Waals surface area (Å²) in [5.74, 6) is -2.24. The first-order valence-corrected chi connectivity index (χ1v) is 30.3. The number of hydrogen-bond acceptors (Lipinski definition) is 13. The Bertz CT molecular complexity index is 2860. The van der Waals surface area contributed by atoms with Gasteiger partial charge in [0.15, 0.2) is 11.6 Å². The highest BCUT2D eigenvalue weighted by Crippen LogP contribution is 2.36. The Labute approximate surface area is 495 Å². The molecule has 0 aliphatic heterocycles. The second kappa shape index (κ2) is 35.2. The van der Waals surface area contributed by atoms with Crippen molar-refractivity contribution in [2.24, 2.45) is 44.1 Å². The lowest BCUT2D eigenvalue weighted by molar-refractivity contribution is 0.0930. The quantitative estimate of drug-likeness (QED) is 0.0188. The summed E-state index contributed by atoms with van der Waals surface area (Å²) < 4.78 is 1.56. The number of nitrogens with one attached hydrogen (secondary N) is 4. The number of carbonyl (C=O) groups is 4. The van der Waals surface area contributed by atoms with Gasteiger partial charge in [-0.1, -0.05) is 132 Å². The average Bonchev–Trinajstić information content (AvgIpc) is 2.28. The van der Waals surface area contributed by atoms with Gasteiger partial charge in [0, 0.05) is 67.1 Å². The number of carbonyl (C=O) groups excluding carboxylic acids is 4. The molecule has 0 fully saturated rings. The molecule has 0 radical (unpaired) electrons. The molecule has 2 heterocycles. The molecule has 0 bridgehead atoms. The van der Waals surface area contributed by atoms with E-state index in [4.69, 9.17) is 6.57 Å². The first-order chi connectivity index (χ1) is 40.4. The molecule has 4 rings (SSSR count). The number of nitriles is 1. The number of hydrogen-bond donors (Lipinski definition) is 6. The second-order valence-electron chi connectivity index (χ2n) is 21.9. The fraction of sp³-hybridized carbons (Fsp3) is 0.562. The molecule has 4 amide bonds. The lowest BCUT2D eigenvalue weighted by atomic mass is 9.99. The third kappa shape index (κ3) is 19.3. The van der Waals surface area contributed by atoms with E-state index in [0.717, 1.165) is 112 Å². The van der Waals surface area contributed by atoms with E-state index in [-0.39, 0.29) is 91.1 Å². The van der Waals surface area contributed by atoms with E-state index >= 15 is 0 Å². The lowest BCUT2D eigenvalue weighted by Gasteiger charge is -2.17. The normalized spacial score (nSPS) is 12.8. The minimum Gasteiger partial charge on any atom is -0.503 e. The molecule has 84 heavy (non-hydrogen) atoms. The number of rotatable bonds is 35. The van der Waals surface area contributed by atoms with Crippen LogP contribution in [0.25, 0.3) is 4.85 Å². The van der Waals surface area contributed by atoms with Crippen molar-refractivity contribution in [2.75, 3.05) is 26.2 Å². The van der Waals surface area contributed by atoms with Crippen LogP contribution in [-0.2, 0) is 13.1 Å². The predicted molar refractivity (Wildman–Crippen MR) is 329 cm³/mol. The van der Waals surface area contributed by atoms with Gasteiger partial charge in [-0.3, -0.25) is 37.9 Å². The zero-order valence-corrected chi connectivity index (χ0v) is 51.3. The first kappa shape index (κ1) is 68.5. The zero-order valence-electron chi connectivity index (χ0n) is 51.3. The number of aromatic hydroxyl groups is 2. The molecule has 4 atom stereocenters. The van der Waals surface area contributed by atoms with E-state index in [9.17, 15) is 44.2 Å². The highest BCUT2D eigenvalue weighted by Gasteiger charge is 2.25. The predicted octanol–water partition coefficient (Wildman–Crippen LogP) is 13.8. The van der Waals surface area contributed by atoms with E-state index in [2.05, 4.69) is 102 Å². The van der Waals surface area contributed by atoms with Gasteiger partial charge < -0.3 is 31.5 Å². The average molecular weight is 1160 g/mol. The van der Waals surface area contributed by atoms with Crippen LogP contribution in [0.2, 0.25) is 0 Å². The molecule has 20 heteroatoms. The number of pyridine rings is 2. The van der Waals surface area contributed by atoms with Crippen LogP contribution in [0.15, 0.2) is 66.4 Å². The molecular formula is C64H90N12O8. The summed E-state index contributed by atoms with van der Waals surface area (Å²) in [6.45, 7) is 28.1. The van der Waals surface area contributed by atoms with Crippen LogP contribution < -0.4 is 32.4 Å². The van der Waals surface area contributed by atoms with Crippen LogP contribution >= 0.6 is 0 Å². The lowest BCUT2D eigenvalue weighted by Crippen LogP contribution is -2.31. The Morgan fingerprint density at radius 2 is 0.833 bits per heavy atom. The summed E-state index contributed by atoms with van der Waals surface area (Å²) in [6, 6.07) is 10.6. The number of benzene rings is 2. The first-order valence-electron chi connectivity index (χ1n) is 30.3. The van der Waals surface area contributed by atoms with Gasteiger partial charge in [-0.25, -0.2) is 4.85 Å². The van der Waals surface area contributed by atoms with E-state index in [1.54, 1.807) is 0 Å². The van der Waals surface area contributed by atoms with Gasteiger partial charge in [-0.15, -0.1) is 10.2 Å². The van der Waals surface area contributed by atoms with Crippen LogP contribution in [0, 0.1) is 55.4 Å². The fourth-order valence-electron chi connectivity index (χ4n) is 9.92. The Morgan fingerprint density at radius 1 is 0.524 bits per heavy atom. The van der Waals surface area contributed by atoms with Crippen molar-refractivity contribution in [3.63, 3.8) is 0 Å².